The van der Waals surface area contributed by atoms with Gasteiger partial charge in [0.05, 0.1) is 6.04 Å². The van der Waals surface area contributed by atoms with E-state index in [-0.39, 0.29) is 29.7 Å². The van der Waals surface area contributed by atoms with Crippen molar-refractivity contribution in [1.29, 1.82) is 0 Å². The summed E-state index contributed by atoms with van der Waals surface area (Å²) in [6.07, 6.45) is 0. The summed E-state index contributed by atoms with van der Waals surface area (Å²) in [6.45, 7) is 4.72. The molecule has 108 valence electrons. The van der Waals surface area contributed by atoms with Crippen LogP contribution in [0.15, 0.2) is 18.2 Å². The number of urea groups is 1. The zero-order valence-electron chi connectivity index (χ0n) is 11.3. The Morgan fingerprint density at radius 1 is 1.45 bits per heavy atom. The van der Waals surface area contributed by atoms with Gasteiger partial charge in [-0.25, -0.2) is 9.18 Å². The van der Waals surface area contributed by atoms with E-state index in [1.807, 2.05) is 11.8 Å². The first kappa shape index (κ1) is 13.2. The number of phenolic OH excluding ortho intramolecular Hbond substituents is 1. The SMILES string of the molecule is CC(c1cc(F)ccc1O)N1CCN2C(=O)NCC2C1. The van der Waals surface area contributed by atoms with Crippen LogP contribution in [0.1, 0.15) is 18.5 Å². The summed E-state index contributed by atoms with van der Waals surface area (Å²) in [6, 6.07) is 4.10. The van der Waals surface area contributed by atoms with Crippen LogP contribution in [0, 0.1) is 5.82 Å². The molecule has 0 saturated carbocycles. The summed E-state index contributed by atoms with van der Waals surface area (Å²) in [5.74, 6) is -0.233. The van der Waals surface area contributed by atoms with Crippen LogP contribution in [-0.2, 0) is 0 Å². The van der Waals surface area contributed by atoms with E-state index in [9.17, 15) is 14.3 Å². The molecule has 2 aliphatic rings. The maximum absolute atomic E-state index is 13.3. The van der Waals surface area contributed by atoms with E-state index in [0.717, 1.165) is 13.1 Å². The molecule has 2 aliphatic heterocycles. The topological polar surface area (TPSA) is 55.8 Å². The second-order valence-electron chi connectivity index (χ2n) is 5.41. The molecule has 20 heavy (non-hydrogen) atoms. The van der Waals surface area contributed by atoms with Crippen LogP contribution in [0.4, 0.5) is 9.18 Å². The number of piperazine rings is 1. The van der Waals surface area contributed by atoms with Crippen molar-refractivity contribution in [2.75, 3.05) is 26.2 Å². The molecule has 0 spiro atoms. The largest absolute Gasteiger partial charge is 0.508 e. The standard InChI is InChI=1S/C14H18FN3O2/c1-9(12-6-10(15)2-3-13(12)19)17-4-5-18-11(8-17)7-16-14(18)20/h2-3,6,9,11,19H,4-5,7-8H2,1H3,(H,16,20). The number of rotatable bonds is 2. The Labute approximate surface area is 117 Å². The summed E-state index contributed by atoms with van der Waals surface area (Å²) in [7, 11) is 0. The van der Waals surface area contributed by atoms with Gasteiger partial charge >= 0.3 is 6.03 Å². The Hall–Kier alpha value is -1.82. The highest BCUT2D eigenvalue weighted by Crippen LogP contribution is 2.31. The molecule has 0 aromatic heterocycles. The quantitative estimate of drug-likeness (QED) is 0.858. The number of phenols is 1. The van der Waals surface area contributed by atoms with Crippen molar-refractivity contribution in [3.63, 3.8) is 0 Å². The zero-order chi connectivity index (χ0) is 14.3. The van der Waals surface area contributed by atoms with Gasteiger partial charge in [-0.15, -0.1) is 0 Å². The Morgan fingerprint density at radius 2 is 2.25 bits per heavy atom. The first-order chi connectivity index (χ1) is 9.56. The summed E-state index contributed by atoms with van der Waals surface area (Å²) in [5.41, 5.74) is 0.593. The zero-order valence-corrected chi connectivity index (χ0v) is 11.3. The van der Waals surface area contributed by atoms with Crippen molar-refractivity contribution >= 4 is 6.03 Å². The summed E-state index contributed by atoms with van der Waals surface area (Å²) in [5, 5.41) is 12.7. The lowest BCUT2D eigenvalue weighted by Gasteiger charge is -2.39. The molecule has 3 rings (SSSR count). The molecule has 6 heteroatoms. The number of carbonyl (C=O) groups excluding carboxylic acids is 1. The molecule has 5 nitrogen and oxygen atoms in total. The number of hydrogen-bond donors (Lipinski definition) is 2. The summed E-state index contributed by atoms with van der Waals surface area (Å²) in [4.78, 5) is 15.6. The minimum atomic E-state index is -0.346. The molecule has 1 aromatic carbocycles. The molecular formula is C14H18FN3O2. The molecule has 2 saturated heterocycles. The van der Waals surface area contributed by atoms with Crippen LogP contribution < -0.4 is 5.32 Å². The van der Waals surface area contributed by atoms with Crippen molar-refractivity contribution < 1.29 is 14.3 Å². The third-order valence-electron chi connectivity index (χ3n) is 4.25. The van der Waals surface area contributed by atoms with Crippen molar-refractivity contribution in [3.8, 4) is 5.75 Å². The number of fused-ring (bicyclic) bond motifs is 1. The van der Waals surface area contributed by atoms with E-state index in [1.54, 1.807) is 0 Å². The van der Waals surface area contributed by atoms with Crippen LogP contribution in [0.25, 0.3) is 0 Å². The van der Waals surface area contributed by atoms with Crippen molar-refractivity contribution in [1.82, 2.24) is 15.1 Å². The van der Waals surface area contributed by atoms with E-state index in [1.165, 1.54) is 18.2 Å². The van der Waals surface area contributed by atoms with Gasteiger partial charge < -0.3 is 15.3 Å². The molecular weight excluding hydrogens is 261 g/mol. The molecule has 2 N–H and O–H groups in total. The van der Waals surface area contributed by atoms with Gasteiger partial charge in [0, 0.05) is 37.8 Å². The van der Waals surface area contributed by atoms with Gasteiger partial charge in [-0.2, -0.15) is 0 Å². The molecule has 2 fully saturated rings. The number of hydrogen-bond acceptors (Lipinski definition) is 3. The Bertz CT molecular complexity index is 537. The molecule has 2 atom stereocenters. The fraction of sp³-hybridized carbons (Fsp3) is 0.500. The van der Waals surface area contributed by atoms with Gasteiger partial charge in [0.2, 0.25) is 0 Å². The number of carbonyl (C=O) groups is 1. The van der Waals surface area contributed by atoms with E-state index in [4.69, 9.17) is 0 Å². The predicted octanol–water partition coefficient (Wildman–Crippen LogP) is 1.30. The van der Waals surface area contributed by atoms with E-state index in [2.05, 4.69) is 10.2 Å². The van der Waals surface area contributed by atoms with Crippen molar-refractivity contribution in [3.05, 3.63) is 29.6 Å². The summed E-state index contributed by atoms with van der Waals surface area (Å²) < 4.78 is 13.3. The van der Waals surface area contributed by atoms with Crippen molar-refractivity contribution in [2.45, 2.75) is 19.0 Å². The Balaban J connectivity index is 1.76. The predicted molar refractivity (Wildman–Crippen MR) is 71.9 cm³/mol. The van der Waals surface area contributed by atoms with Gasteiger partial charge in [0.15, 0.2) is 0 Å². The molecule has 2 heterocycles. The van der Waals surface area contributed by atoms with Crippen molar-refractivity contribution in [2.24, 2.45) is 0 Å². The van der Waals surface area contributed by atoms with Gasteiger partial charge in [-0.05, 0) is 25.1 Å². The normalized spacial score (nSPS) is 24.4. The summed E-state index contributed by atoms with van der Waals surface area (Å²) >= 11 is 0. The van der Waals surface area contributed by atoms with Gasteiger partial charge in [-0.3, -0.25) is 4.90 Å². The van der Waals surface area contributed by atoms with E-state index >= 15 is 0 Å². The number of halogens is 1. The number of amides is 2. The van der Waals surface area contributed by atoms with Crippen LogP contribution >= 0.6 is 0 Å². The average molecular weight is 279 g/mol. The van der Waals surface area contributed by atoms with Crippen LogP contribution in [0.5, 0.6) is 5.75 Å². The van der Waals surface area contributed by atoms with Crippen LogP contribution in [-0.4, -0.2) is 53.2 Å². The minimum absolute atomic E-state index is 0.00379. The van der Waals surface area contributed by atoms with Gasteiger partial charge in [0.1, 0.15) is 11.6 Å². The molecule has 0 radical (unpaired) electrons. The number of nitrogens with one attached hydrogen (secondary N) is 1. The van der Waals surface area contributed by atoms with E-state index in [0.29, 0.717) is 18.7 Å². The van der Waals surface area contributed by atoms with Gasteiger partial charge in [0.25, 0.3) is 0 Å². The van der Waals surface area contributed by atoms with Crippen LogP contribution in [0.3, 0.4) is 0 Å². The Morgan fingerprint density at radius 3 is 3.05 bits per heavy atom. The maximum Gasteiger partial charge on any atom is 0.317 e. The lowest BCUT2D eigenvalue weighted by Crippen LogP contribution is -2.52. The lowest BCUT2D eigenvalue weighted by molar-refractivity contribution is 0.0929. The molecule has 1 aromatic rings. The number of nitrogens with zero attached hydrogens (tertiary/aromatic N) is 2. The van der Waals surface area contributed by atoms with Gasteiger partial charge in [-0.1, -0.05) is 0 Å². The monoisotopic (exact) mass is 279 g/mol. The minimum Gasteiger partial charge on any atom is -0.508 e. The number of benzene rings is 1. The maximum atomic E-state index is 13.3. The molecule has 2 unspecified atom stereocenters. The third-order valence-corrected chi connectivity index (χ3v) is 4.25. The first-order valence-electron chi connectivity index (χ1n) is 6.83. The first-order valence-corrected chi connectivity index (χ1v) is 6.83. The highest BCUT2D eigenvalue weighted by atomic mass is 19.1. The smallest absolute Gasteiger partial charge is 0.317 e. The molecule has 2 amide bonds. The Kier molecular flexibility index (Phi) is 3.25. The second-order valence-corrected chi connectivity index (χ2v) is 5.41. The average Bonchev–Trinajstić information content (AvgIpc) is 2.82. The van der Waals surface area contributed by atoms with E-state index < -0.39 is 0 Å². The highest BCUT2D eigenvalue weighted by Gasteiger charge is 2.37. The number of aromatic hydroxyl groups is 1. The second kappa shape index (κ2) is 4.94. The fourth-order valence-electron chi connectivity index (χ4n) is 3.04. The molecule has 0 aliphatic carbocycles. The van der Waals surface area contributed by atoms with Crippen LogP contribution in [0.2, 0.25) is 0 Å². The molecule has 0 bridgehead atoms. The third kappa shape index (κ3) is 2.20. The highest BCUT2D eigenvalue weighted by molar-refractivity contribution is 5.77. The lowest BCUT2D eigenvalue weighted by atomic mass is 10.0. The fourth-order valence-corrected chi connectivity index (χ4v) is 3.04.